The normalized spacial score (nSPS) is 30.1. The Labute approximate surface area is 193 Å². The fourth-order valence-electron chi connectivity index (χ4n) is 4.42. The number of carbonyl (C=O) groups excluding carboxylic acids is 1. The monoisotopic (exact) mass is 488 g/mol. The number of nitrogens with two attached hydrogens (primary N) is 1. The summed E-state index contributed by atoms with van der Waals surface area (Å²) < 4.78 is 19.3. The van der Waals surface area contributed by atoms with Crippen LogP contribution in [0, 0.1) is 12.3 Å². The van der Waals surface area contributed by atoms with Crippen molar-refractivity contribution in [3.63, 3.8) is 0 Å². The van der Waals surface area contributed by atoms with E-state index in [0.717, 1.165) is 0 Å². The lowest BCUT2D eigenvalue weighted by Gasteiger charge is -2.38. The van der Waals surface area contributed by atoms with Gasteiger partial charge in [-0.25, -0.2) is 4.79 Å². The van der Waals surface area contributed by atoms with Gasteiger partial charge in [0.15, 0.2) is 11.8 Å². The standard InChI is InChI=1S/C20H33N4O6PS/c1-11-9-24(17(26)22-14(11)21)15-12-13(29-31(27,32)30-19(5,6)7)20(28-15,10-18(2,3)4)16(25)23(12)8/h9,12-13,15H,10H2,1-8H3,(H,27,32)(H2,21,22,26)/t12?,13?,15-,20-,31?/m1/s1. The Morgan fingerprint density at radius 3 is 2.44 bits per heavy atom. The zero-order valence-electron chi connectivity index (χ0n) is 19.8. The van der Waals surface area contributed by atoms with Crippen molar-refractivity contribution < 1.29 is 23.5 Å². The second-order valence-corrected chi connectivity index (χ2v) is 13.5. The number of hydrogen-bond acceptors (Lipinski definition) is 8. The molecule has 1 aromatic rings. The van der Waals surface area contributed by atoms with Crippen LogP contribution in [0.15, 0.2) is 11.0 Å². The fourth-order valence-corrected chi connectivity index (χ4v) is 6.69. The largest absolute Gasteiger partial charge is 0.383 e. The number of rotatable bonds is 5. The Morgan fingerprint density at radius 2 is 1.91 bits per heavy atom. The van der Waals surface area contributed by atoms with E-state index < -0.39 is 42.0 Å². The highest BCUT2D eigenvalue weighted by Gasteiger charge is 2.71. The van der Waals surface area contributed by atoms with Crippen molar-refractivity contribution in [1.82, 2.24) is 14.5 Å². The van der Waals surface area contributed by atoms with Gasteiger partial charge in [0.05, 0.1) is 5.60 Å². The first-order chi connectivity index (χ1) is 14.4. The van der Waals surface area contributed by atoms with E-state index in [1.165, 1.54) is 9.47 Å². The molecule has 0 radical (unpaired) electrons. The van der Waals surface area contributed by atoms with E-state index in [0.29, 0.717) is 5.56 Å². The van der Waals surface area contributed by atoms with Gasteiger partial charge < -0.3 is 24.8 Å². The van der Waals surface area contributed by atoms with Crippen molar-refractivity contribution in [3.05, 3.63) is 22.2 Å². The summed E-state index contributed by atoms with van der Waals surface area (Å²) in [7, 11) is 1.62. The van der Waals surface area contributed by atoms with E-state index in [2.05, 4.69) is 4.98 Å². The summed E-state index contributed by atoms with van der Waals surface area (Å²) >= 11 is 5.29. The van der Waals surface area contributed by atoms with Crippen LogP contribution in [0.2, 0.25) is 0 Å². The van der Waals surface area contributed by atoms with Crippen molar-refractivity contribution in [2.24, 2.45) is 5.41 Å². The first-order valence-electron chi connectivity index (χ1n) is 10.4. The Bertz CT molecular complexity index is 1030. The molecule has 2 bridgehead atoms. The molecular formula is C20H33N4O6PS. The zero-order chi connectivity index (χ0) is 24.4. The number of ether oxygens (including phenoxy) is 1. The molecule has 0 saturated carbocycles. The van der Waals surface area contributed by atoms with Gasteiger partial charge in [-0.05, 0) is 51.3 Å². The molecule has 10 nitrogen and oxygen atoms in total. The Kier molecular flexibility index (Phi) is 6.20. The van der Waals surface area contributed by atoms with E-state index in [1.54, 1.807) is 40.9 Å². The molecule has 0 aliphatic carbocycles. The minimum Gasteiger partial charge on any atom is -0.383 e. The molecule has 2 aliphatic rings. The van der Waals surface area contributed by atoms with Crippen LogP contribution in [-0.2, 0) is 30.4 Å². The van der Waals surface area contributed by atoms with Crippen LogP contribution >= 0.6 is 6.72 Å². The number of nitrogen functional groups attached to an aromatic ring is 1. The average Bonchev–Trinajstić information content (AvgIpc) is 2.94. The van der Waals surface area contributed by atoms with Crippen molar-refractivity contribution in [2.75, 3.05) is 12.8 Å². The number of nitrogens with zero attached hydrogens (tertiary/aromatic N) is 3. The Balaban J connectivity index is 2.12. The van der Waals surface area contributed by atoms with Gasteiger partial charge in [0.2, 0.25) is 0 Å². The van der Waals surface area contributed by atoms with E-state index >= 15 is 0 Å². The van der Waals surface area contributed by atoms with Crippen molar-refractivity contribution in [1.29, 1.82) is 0 Å². The van der Waals surface area contributed by atoms with E-state index in [-0.39, 0.29) is 23.6 Å². The topological polar surface area (TPSA) is 129 Å². The molecule has 2 saturated heterocycles. The van der Waals surface area contributed by atoms with Crippen LogP contribution in [0.4, 0.5) is 5.82 Å². The maximum Gasteiger partial charge on any atom is 0.351 e. The lowest BCUT2D eigenvalue weighted by molar-refractivity contribution is -0.180. The van der Waals surface area contributed by atoms with Crippen LogP contribution in [0.25, 0.3) is 0 Å². The average molecular weight is 489 g/mol. The van der Waals surface area contributed by atoms with Gasteiger partial charge in [-0.1, -0.05) is 20.8 Å². The molecule has 32 heavy (non-hydrogen) atoms. The number of fused-ring (bicyclic) bond motifs is 2. The summed E-state index contributed by atoms with van der Waals surface area (Å²) in [5.41, 5.74) is 3.21. The number of morpholine rings is 1. The number of likely N-dealkylation sites (tertiary alicyclic amines) is 1. The molecule has 3 heterocycles. The summed E-state index contributed by atoms with van der Waals surface area (Å²) in [6.07, 6.45) is -0.0141. The van der Waals surface area contributed by atoms with Gasteiger partial charge in [-0.2, -0.15) is 4.98 Å². The maximum absolute atomic E-state index is 13.4. The van der Waals surface area contributed by atoms with Gasteiger partial charge in [-0.3, -0.25) is 13.9 Å². The predicted molar refractivity (Wildman–Crippen MR) is 123 cm³/mol. The van der Waals surface area contributed by atoms with E-state index in [9.17, 15) is 14.5 Å². The third-order valence-corrected chi connectivity index (χ3v) is 7.15. The highest BCUT2D eigenvalue weighted by atomic mass is 32.5. The number of amides is 1. The molecule has 0 aromatic carbocycles. The predicted octanol–water partition coefficient (Wildman–Crippen LogP) is 2.10. The minimum absolute atomic E-state index is 0.125. The van der Waals surface area contributed by atoms with E-state index in [1.807, 2.05) is 20.8 Å². The molecule has 12 heteroatoms. The van der Waals surface area contributed by atoms with E-state index in [4.69, 9.17) is 31.3 Å². The van der Waals surface area contributed by atoms with Gasteiger partial charge in [0.25, 0.3) is 5.91 Å². The summed E-state index contributed by atoms with van der Waals surface area (Å²) in [5.74, 6) is -0.168. The van der Waals surface area contributed by atoms with Crippen LogP contribution in [0.1, 0.15) is 59.8 Å². The Morgan fingerprint density at radius 1 is 1.31 bits per heavy atom. The van der Waals surface area contributed by atoms with Crippen LogP contribution < -0.4 is 11.4 Å². The molecular weight excluding hydrogens is 455 g/mol. The Hall–Kier alpha value is -1.36. The summed E-state index contributed by atoms with van der Waals surface area (Å²) in [6.45, 7) is 9.13. The summed E-state index contributed by atoms with van der Waals surface area (Å²) in [4.78, 5) is 42.3. The number of anilines is 1. The molecule has 5 atom stereocenters. The highest BCUT2D eigenvalue weighted by molar-refractivity contribution is 8.07. The quantitative estimate of drug-likeness (QED) is 0.599. The van der Waals surface area contributed by atoms with Crippen molar-refractivity contribution in [3.8, 4) is 0 Å². The summed E-state index contributed by atoms with van der Waals surface area (Å²) in [5, 5.41) is 0. The van der Waals surface area contributed by atoms with Gasteiger partial charge >= 0.3 is 12.4 Å². The molecule has 3 unspecified atom stereocenters. The molecule has 2 aliphatic heterocycles. The number of likely N-dealkylation sites (N-methyl/N-ethyl adjacent to an activating group) is 1. The molecule has 0 spiro atoms. The van der Waals surface area contributed by atoms with Crippen molar-refractivity contribution >= 4 is 30.3 Å². The van der Waals surface area contributed by atoms with Crippen LogP contribution in [0.3, 0.4) is 0 Å². The zero-order valence-corrected chi connectivity index (χ0v) is 21.5. The van der Waals surface area contributed by atoms with Crippen molar-refractivity contribution in [2.45, 2.75) is 84.5 Å². The summed E-state index contributed by atoms with van der Waals surface area (Å²) in [6, 6.07) is -0.731. The second-order valence-electron chi connectivity index (χ2n) is 10.7. The molecule has 2 fully saturated rings. The number of carbonyl (C=O) groups is 1. The lowest BCUT2D eigenvalue weighted by Crippen LogP contribution is -2.52. The highest BCUT2D eigenvalue weighted by Crippen LogP contribution is 2.59. The number of aromatic nitrogens is 2. The SMILES string of the molecule is Cc1cn([C@@H]2O[C@@]3(CC(C)(C)C)C(=O)N(C)C2C3OP(O)(=S)OC(C)(C)C)c(=O)nc1N. The minimum atomic E-state index is -3.75. The van der Waals surface area contributed by atoms with Gasteiger partial charge in [-0.15, -0.1) is 0 Å². The van der Waals surface area contributed by atoms with Crippen LogP contribution in [-0.4, -0.2) is 55.6 Å². The number of aryl methyl sites for hydroxylation is 1. The third kappa shape index (κ3) is 4.64. The van der Waals surface area contributed by atoms with Gasteiger partial charge in [0.1, 0.15) is 18.0 Å². The first-order valence-corrected chi connectivity index (χ1v) is 13.0. The molecule has 180 valence electrons. The first kappa shape index (κ1) is 25.3. The molecule has 1 amide bonds. The maximum atomic E-state index is 13.4. The van der Waals surface area contributed by atoms with Crippen LogP contribution in [0.5, 0.6) is 0 Å². The second kappa shape index (κ2) is 7.85. The molecule has 3 N–H and O–H groups in total. The molecule has 1 aromatic heterocycles. The lowest BCUT2D eigenvalue weighted by atomic mass is 9.80. The van der Waals surface area contributed by atoms with Gasteiger partial charge in [0, 0.05) is 18.8 Å². The third-order valence-electron chi connectivity index (χ3n) is 5.40. The molecule has 3 rings (SSSR count). The fraction of sp³-hybridized carbons (Fsp3) is 0.750. The number of hydrogen-bond donors (Lipinski definition) is 2. The smallest absolute Gasteiger partial charge is 0.351 e.